The number of hydrogen-bond acceptors (Lipinski definition) is 7. The highest BCUT2D eigenvalue weighted by Gasteiger charge is 2.19. The number of anilines is 1. The first-order valence-electron chi connectivity index (χ1n) is 7.65. The van der Waals surface area contributed by atoms with Gasteiger partial charge in [-0.2, -0.15) is 0 Å². The van der Waals surface area contributed by atoms with Gasteiger partial charge < -0.3 is 20.5 Å². The maximum atomic E-state index is 12.2. The number of ether oxygens (including phenoxy) is 2. The molecule has 0 radical (unpaired) electrons. The summed E-state index contributed by atoms with van der Waals surface area (Å²) in [7, 11) is 0. The quantitative estimate of drug-likeness (QED) is 0.327. The Hall–Kier alpha value is -3.13. The minimum Gasteiger partial charge on any atom is -0.471 e. The zero-order valence-corrected chi connectivity index (χ0v) is 13.7. The van der Waals surface area contributed by atoms with E-state index in [1.165, 1.54) is 12.1 Å². The van der Waals surface area contributed by atoms with Crippen LogP contribution in [0.3, 0.4) is 0 Å². The van der Waals surface area contributed by atoms with Gasteiger partial charge in [-0.3, -0.25) is 10.1 Å². The highest BCUT2D eigenvalue weighted by atomic mass is 16.6. The van der Waals surface area contributed by atoms with Gasteiger partial charge in [-0.1, -0.05) is 18.2 Å². The molecule has 0 amide bonds. The molecule has 8 heteroatoms. The topological polar surface area (TPSA) is 117 Å². The van der Waals surface area contributed by atoms with Crippen LogP contribution in [0, 0.1) is 10.1 Å². The zero-order chi connectivity index (χ0) is 18.2. The number of nitrogens with one attached hydrogen (secondary N) is 1. The van der Waals surface area contributed by atoms with Crippen LogP contribution in [0.15, 0.2) is 48.5 Å². The lowest BCUT2D eigenvalue weighted by molar-refractivity contribution is -0.384. The van der Waals surface area contributed by atoms with E-state index < -0.39 is 17.1 Å². The summed E-state index contributed by atoms with van der Waals surface area (Å²) < 4.78 is 10.7. The van der Waals surface area contributed by atoms with Gasteiger partial charge in [-0.15, -0.1) is 0 Å². The smallest absolute Gasteiger partial charge is 0.340 e. The van der Waals surface area contributed by atoms with Gasteiger partial charge in [0.05, 0.1) is 16.2 Å². The first-order chi connectivity index (χ1) is 12.0. The van der Waals surface area contributed by atoms with Crippen LogP contribution in [-0.2, 0) is 4.74 Å². The lowest BCUT2D eigenvalue weighted by atomic mass is 10.1. The lowest BCUT2D eigenvalue weighted by Gasteiger charge is -2.19. The summed E-state index contributed by atoms with van der Waals surface area (Å²) in [4.78, 5) is 22.5. The maximum absolute atomic E-state index is 12.2. The third-order valence-corrected chi connectivity index (χ3v) is 3.20. The fourth-order valence-electron chi connectivity index (χ4n) is 2.12. The summed E-state index contributed by atoms with van der Waals surface area (Å²) in [6.45, 7) is 1.94. The maximum Gasteiger partial charge on any atom is 0.340 e. The van der Waals surface area contributed by atoms with Gasteiger partial charge in [0.1, 0.15) is 12.4 Å². The number of benzene rings is 2. The van der Waals surface area contributed by atoms with Gasteiger partial charge in [0.15, 0.2) is 6.23 Å². The number of nitro benzene ring substituents is 1. The second-order valence-corrected chi connectivity index (χ2v) is 5.13. The summed E-state index contributed by atoms with van der Waals surface area (Å²) in [6.07, 6.45) is -0.482. The van der Waals surface area contributed by atoms with Gasteiger partial charge in [0.2, 0.25) is 0 Å². The van der Waals surface area contributed by atoms with E-state index in [1.54, 1.807) is 19.1 Å². The van der Waals surface area contributed by atoms with E-state index in [1.807, 2.05) is 18.2 Å². The molecular weight excluding hydrogens is 326 g/mol. The Bertz CT molecular complexity index is 736. The molecule has 1 unspecified atom stereocenters. The molecule has 0 aliphatic heterocycles. The number of carbonyl (C=O) groups is 1. The number of hydrogen-bond donors (Lipinski definition) is 2. The second kappa shape index (κ2) is 8.65. The average molecular weight is 345 g/mol. The van der Waals surface area contributed by atoms with Gasteiger partial charge >= 0.3 is 5.97 Å². The molecule has 0 aliphatic carbocycles. The number of esters is 1. The molecule has 132 valence electrons. The Labute approximate surface area is 144 Å². The monoisotopic (exact) mass is 345 g/mol. The van der Waals surface area contributed by atoms with E-state index in [2.05, 4.69) is 5.32 Å². The molecule has 25 heavy (non-hydrogen) atoms. The number of non-ortho nitro benzene ring substituents is 1. The Kier molecular flexibility index (Phi) is 6.30. The van der Waals surface area contributed by atoms with Gasteiger partial charge in [0.25, 0.3) is 5.69 Å². The van der Waals surface area contributed by atoms with Crippen LogP contribution in [0.5, 0.6) is 5.75 Å². The number of carbonyl (C=O) groups excluding carboxylic acids is 1. The van der Waals surface area contributed by atoms with Crippen LogP contribution >= 0.6 is 0 Å². The minimum atomic E-state index is -0.691. The average Bonchev–Trinajstić information content (AvgIpc) is 2.60. The molecule has 2 rings (SSSR count). The van der Waals surface area contributed by atoms with Crippen molar-refractivity contribution < 1.29 is 19.2 Å². The molecule has 0 fully saturated rings. The normalized spacial score (nSPS) is 11.4. The number of para-hydroxylation sites is 1. The molecule has 0 aromatic heterocycles. The molecule has 2 aromatic carbocycles. The first kappa shape index (κ1) is 18.2. The van der Waals surface area contributed by atoms with Crippen LogP contribution < -0.4 is 15.8 Å². The van der Waals surface area contributed by atoms with Crippen molar-refractivity contribution >= 4 is 17.3 Å². The molecule has 0 bridgehead atoms. The van der Waals surface area contributed by atoms with Crippen molar-refractivity contribution in [2.75, 3.05) is 18.5 Å². The SMILES string of the molecule is CC(Nc1ccc([N+](=O)[O-])cc1C(=O)OCCN)Oc1ccccc1. The summed E-state index contributed by atoms with van der Waals surface area (Å²) in [5.74, 6) is -0.0415. The largest absolute Gasteiger partial charge is 0.471 e. The molecule has 0 saturated carbocycles. The van der Waals surface area contributed by atoms with Crippen molar-refractivity contribution in [3.05, 3.63) is 64.2 Å². The number of nitrogens with zero attached hydrogens (tertiary/aromatic N) is 1. The van der Waals surface area contributed by atoms with Crippen molar-refractivity contribution in [2.45, 2.75) is 13.2 Å². The highest BCUT2D eigenvalue weighted by Crippen LogP contribution is 2.24. The summed E-state index contributed by atoms with van der Waals surface area (Å²) >= 11 is 0. The van der Waals surface area contributed by atoms with E-state index in [0.717, 1.165) is 6.07 Å². The fourth-order valence-corrected chi connectivity index (χ4v) is 2.12. The molecule has 1 atom stereocenters. The van der Waals surface area contributed by atoms with Crippen molar-refractivity contribution in [1.29, 1.82) is 0 Å². The van der Waals surface area contributed by atoms with Crippen molar-refractivity contribution in [3.63, 3.8) is 0 Å². The zero-order valence-electron chi connectivity index (χ0n) is 13.7. The van der Waals surface area contributed by atoms with Crippen molar-refractivity contribution in [2.24, 2.45) is 5.73 Å². The highest BCUT2D eigenvalue weighted by molar-refractivity contribution is 5.96. The van der Waals surface area contributed by atoms with Gasteiger partial charge in [-0.05, 0) is 25.1 Å². The van der Waals surface area contributed by atoms with E-state index in [-0.39, 0.29) is 24.4 Å². The predicted molar refractivity (Wildman–Crippen MR) is 92.6 cm³/mol. The number of nitrogens with two attached hydrogens (primary N) is 1. The number of rotatable bonds is 8. The minimum absolute atomic E-state index is 0.0248. The summed E-state index contributed by atoms with van der Waals surface area (Å²) in [5.41, 5.74) is 5.53. The molecule has 8 nitrogen and oxygen atoms in total. The third kappa shape index (κ3) is 5.18. The van der Waals surface area contributed by atoms with Crippen LogP contribution in [0.2, 0.25) is 0 Å². The first-order valence-corrected chi connectivity index (χ1v) is 7.65. The van der Waals surface area contributed by atoms with E-state index >= 15 is 0 Å². The Morgan fingerprint density at radius 2 is 2.00 bits per heavy atom. The molecule has 0 heterocycles. The predicted octanol–water partition coefficient (Wildman–Crippen LogP) is 2.55. The molecule has 0 aliphatic rings. The Morgan fingerprint density at radius 1 is 1.28 bits per heavy atom. The molecule has 2 aromatic rings. The Morgan fingerprint density at radius 3 is 2.64 bits per heavy atom. The molecular formula is C17H19N3O5. The van der Waals surface area contributed by atoms with Gasteiger partial charge in [0, 0.05) is 18.7 Å². The van der Waals surface area contributed by atoms with E-state index in [4.69, 9.17) is 15.2 Å². The van der Waals surface area contributed by atoms with Gasteiger partial charge in [-0.25, -0.2) is 4.79 Å². The van der Waals surface area contributed by atoms with Crippen LogP contribution in [0.1, 0.15) is 17.3 Å². The van der Waals surface area contributed by atoms with Crippen molar-refractivity contribution in [1.82, 2.24) is 0 Å². The Balaban J connectivity index is 2.20. The molecule has 3 N–H and O–H groups in total. The van der Waals surface area contributed by atoms with E-state index in [9.17, 15) is 14.9 Å². The standard InChI is InChI=1S/C17H19N3O5/c1-12(25-14-5-3-2-4-6-14)19-16-8-7-13(20(22)23)11-15(16)17(21)24-10-9-18/h2-8,11-12,19H,9-10,18H2,1H3. The summed E-state index contributed by atoms with van der Waals surface area (Å²) in [6, 6.07) is 13.0. The lowest BCUT2D eigenvalue weighted by Crippen LogP contribution is -2.24. The van der Waals surface area contributed by atoms with Crippen molar-refractivity contribution in [3.8, 4) is 5.75 Å². The second-order valence-electron chi connectivity index (χ2n) is 5.13. The molecule has 0 saturated heterocycles. The van der Waals surface area contributed by atoms with E-state index in [0.29, 0.717) is 11.4 Å². The number of nitro groups is 1. The van der Waals surface area contributed by atoms with Crippen LogP contribution in [-0.4, -0.2) is 30.3 Å². The summed E-state index contributed by atoms with van der Waals surface area (Å²) in [5, 5.41) is 14.0. The van der Waals surface area contributed by atoms with Crippen LogP contribution in [0.4, 0.5) is 11.4 Å². The van der Waals surface area contributed by atoms with Crippen LogP contribution in [0.25, 0.3) is 0 Å². The molecule has 0 spiro atoms. The third-order valence-electron chi connectivity index (χ3n) is 3.20. The fraction of sp³-hybridized carbons (Fsp3) is 0.235.